The topological polar surface area (TPSA) is 66.5 Å². The van der Waals surface area contributed by atoms with Gasteiger partial charge in [0.2, 0.25) is 15.9 Å². The Balaban J connectivity index is 1.61. The molecule has 2 aromatic rings. The van der Waals surface area contributed by atoms with Crippen molar-refractivity contribution in [2.75, 3.05) is 18.4 Å². The van der Waals surface area contributed by atoms with E-state index in [4.69, 9.17) is 23.2 Å². The molecule has 0 spiro atoms. The number of halogens is 5. The number of carbonyl (C=O) groups is 1. The molecule has 1 saturated heterocycles. The van der Waals surface area contributed by atoms with E-state index < -0.39 is 38.6 Å². The van der Waals surface area contributed by atoms with E-state index in [-0.39, 0.29) is 37.4 Å². The second kappa shape index (κ2) is 9.36. The van der Waals surface area contributed by atoms with E-state index >= 15 is 0 Å². The summed E-state index contributed by atoms with van der Waals surface area (Å²) in [5.74, 6) is -1.22. The Morgan fingerprint density at radius 1 is 1.06 bits per heavy atom. The van der Waals surface area contributed by atoms with Gasteiger partial charge < -0.3 is 5.32 Å². The van der Waals surface area contributed by atoms with Gasteiger partial charge in [0.25, 0.3) is 0 Å². The first-order valence-electron chi connectivity index (χ1n) is 9.36. The van der Waals surface area contributed by atoms with Gasteiger partial charge in [0.15, 0.2) is 0 Å². The van der Waals surface area contributed by atoms with Crippen LogP contribution in [0.2, 0.25) is 10.0 Å². The Bertz CT molecular complexity index is 1070. The van der Waals surface area contributed by atoms with Crippen molar-refractivity contribution < 1.29 is 26.4 Å². The van der Waals surface area contributed by atoms with Crippen molar-refractivity contribution in [3.8, 4) is 0 Å². The molecule has 168 valence electrons. The Labute approximate surface area is 188 Å². The number of hydrogen-bond donors (Lipinski definition) is 1. The number of anilines is 1. The van der Waals surface area contributed by atoms with Gasteiger partial charge >= 0.3 is 6.18 Å². The van der Waals surface area contributed by atoms with Crippen LogP contribution in [0.4, 0.5) is 18.9 Å². The molecular formula is C20H19Cl2F3N2O3S. The first-order valence-corrected chi connectivity index (χ1v) is 11.7. The Hall–Kier alpha value is -1.81. The molecule has 0 bridgehead atoms. The third kappa shape index (κ3) is 5.91. The van der Waals surface area contributed by atoms with E-state index in [1.165, 1.54) is 10.4 Å². The fourth-order valence-electron chi connectivity index (χ4n) is 3.36. The quantitative estimate of drug-likeness (QED) is 0.621. The van der Waals surface area contributed by atoms with E-state index in [9.17, 15) is 26.4 Å². The van der Waals surface area contributed by atoms with Crippen LogP contribution in [0.25, 0.3) is 0 Å². The summed E-state index contributed by atoms with van der Waals surface area (Å²) in [4.78, 5) is 12.5. The highest BCUT2D eigenvalue weighted by atomic mass is 35.5. The van der Waals surface area contributed by atoms with Gasteiger partial charge in [-0.25, -0.2) is 12.7 Å². The average molecular weight is 495 g/mol. The molecular weight excluding hydrogens is 476 g/mol. The molecule has 0 radical (unpaired) electrons. The van der Waals surface area contributed by atoms with Crippen molar-refractivity contribution >= 4 is 44.8 Å². The van der Waals surface area contributed by atoms with Crippen molar-refractivity contribution in [1.82, 2.24) is 4.31 Å². The zero-order valence-corrected chi connectivity index (χ0v) is 18.5. The van der Waals surface area contributed by atoms with Crippen LogP contribution >= 0.6 is 23.2 Å². The number of nitrogens with zero attached hydrogens (tertiary/aromatic N) is 1. The van der Waals surface area contributed by atoms with Crippen LogP contribution in [0, 0.1) is 5.92 Å². The number of nitrogens with one attached hydrogen (secondary N) is 1. The fourth-order valence-corrected chi connectivity index (χ4v) is 5.46. The molecule has 0 atom stereocenters. The predicted octanol–water partition coefficient (Wildman–Crippen LogP) is 5.19. The van der Waals surface area contributed by atoms with Crippen molar-refractivity contribution in [2.24, 2.45) is 5.92 Å². The van der Waals surface area contributed by atoms with Gasteiger partial charge in [0.1, 0.15) is 0 Å². The highest BCUT2D eigenvalue weighted by Gasteiger charge is 2.34. The zero-order valence-electron chi connectivity index (χ0n) is 16.1. The lowest BCUT2D eigenvalue weighted by molar-refractivity contribution is -0.137. The minimum atomic E-state index is -4.64. The van der Waals surface area contributed by atoms with Gasteiger partial charge in [-0.15, -0.1) is 0 Å². The minimum absolute atomic E-state index is 0.0181. The number of amides is 1. The van der Waals surface area contributed by atoms with Crippen molar-refractivity contribution in [3.63, 3.8) is 0 Å². The predicted molar refractivity (Wildman–Crippen MR) is 113 cm³/mol. The van der Waals surface area contributed by atoms with Gasteiger partial charge in [0, 0.05) is 29.7 Å². The number of piperidine rings is 1. The van der Waals surface area contributed by atoms with E-state index in [1.807, 2.05) is 0 Å². The van der Waals surface area contributed by atoms with E-state index in [1.54, 1.807) is 24.3 Å². The molecule has 3 rings (SSSR count). The van der Waals surface area contributed by atoms with Crippen LogP contribution in [0.3, 0.4) is 0 Å². The van der Waals surface area contributed by atoms with E-state index in [0.717, 1.165) is 12.1 Å². The summed E-state index contributed by atoms with van der Waals surface area (Å²) >= 11 is 11.6. The normalized spacial score (nSPS) is 16.3. The molecule has 0 saturated carbocycles. The lowest BCUT2D eigenvalue weighted by atomic mass is 9.97. The molecule has 1 aliphatic heterocycles. The second-order valence-corrected chi connectivity index (χ2v) is 9.99. The van der Waals surface area contributed by atoms with E-state index in [2.05, 4.69) is 5.32 Å². The zero-order chi connectivity index (χ0) is 22.8. The lowest BCUT2D eigenvalue weighted by Crippen LogP contribution is -2.41. The highest BCUT2D eigenvalue weighted by Crippen LogP contribution is 2.36. The van der Waals surface area contributed by atoms with Crippen LogP contribution in [-0.2, 0) is 26.7 Å². The monoisotopic (exact) mass is 494 g/mol. The maximum absolute atomic E-state index is 13.0. The van der Waals surface area contributed by atoms with Gasteiger partial charge in [-0.05, 0) is 42.7 Å². The summed E-state index contributed by atoms with van der Waals surface area (Å²) in [6.07, 6.45) is -4.13. The first-order chi connectivity index (χ1) is 14.5. The fraction of sp³-hybridized carbons (Fsp3) is 0.350. The summed E-state index contributed by atoms with van der Waals surface area (Å²) in [5, 5.41) is 2.38. The number of benzene rings is 2. The summed E-state index contributed by atoms with van der Waals surface area (Å²) in [6.45, 7) is 0.276. The number of carbonyl (C=O) groups excluding carboxylic acids is 1. The average Bonchev–Trinajstić information content (AvgIpc) is 2.70. The molecule has 31 heavy (non-hydrogen) atoms. The smallest absolute Gasteiger partial charge is 0.326 e. The largest absolute Gasteiger partial charge is 0.417 e. The van der Waals surface area contributed by atoms with Gasteiger partial charge in [-0.1, -0.05) is 41.4 Å². The van der Waals surface area contributed by atoms with Crippen molar-refractivity contribution in [3.05, 3.63) is 63.6 Å². The Kier molecular flexibility index (Phi) is 7.20. The highest BCUT2D eigenvalue weighted by molar-refractivity contribution is 7.88. The molecule has 5 nitrogen and oxygen atoms in total. The van der Waals surface area contributed by atoms with Crippen LogP contribution in [0.15, 0.2) is 42.5 Å². The third-order valence-corrected chi connectivity index (χ3v) is 7.58. The van der Waals surface area contributed by atoms with Crippen LogP contribution < -0.4 is 5.32 Å². The molecule has 0 unspecified atom stereocenters. The minimum Gasteiger partial charge on any atom is -0.326 e. The lowest BCUT2D eigenvalue weighted by Gasteiger charge is -2.30. The molecule has 1 aliphatic rings. The number of rotatable bonds is 5. The molecule has 2 aromatic carbocycles. The maximum Gasteiger partial charge on any atom is 0.417 e. The SMILES string of the molecule is O=C(Nc1ccc(Cl)c(C(F)(F)F)c1)C1CCN(S(=O)(=O)Cc2ccccc2Cl)CC1. The third-order valence-electron chi connectivity index (χ3n) is 5.05. The first kappa shape index (κ1) is 23.8. The summed E-state index contributed by atoms with van der Waals surface area (Å²) in [6, 6.07) is 9.81. The van der Waals surface area contributed by atoms with Gasteiger partial charge in [-0.3, -0.25) is 4.79 Å². The summed E-state index contributed by atoms with van der Waals surface area (Å²) in [7, 11) is -3.62. The molecule has 1 amide bonds. The summed E-state index contributed by atoms with van der Waals surface area (Å²) in [5.41, 5.74) is -0.560. The maximum atomic E-state index is 13.0. The number of sulfonamides is 1. The molecule has 11 heteroatoms. The Morgan fingerprint density at radius 2 is 1.71 bits per heavy atom. The van der Waals surface area contributed by atoms with Gasteiger partial charge in [-0.2, -0.15) is 13.2 Å². The van der Waals surface area contributed by atoms with Crippen LogP contribution in [0.1, 0.15) is 24.0 Å². The molecule has 1 N–H and O–H groups in total. The standard InChI is InChI=1S/C20H19Cl2F3N2O3S/c21-17-4-2-1-3-14(17)12-31(29,30)27-9-7-13(8-10-27)19(28)26-15-5-6-18(22)16(11-15)20(23,24)25/h1-6,11,13H,7-10,12H2,(H,26,28). The van der Waals surface area contributed by atoms with Crippen molar-refractivity contribution in [1.29, 1.82) is 0 Å². The summed E-state index contributed by atoms with van der Waals surface area (Å²) < 4.78 is 65.6. The molecule has 1 heterocycles. The molecule has 1 fully saturated rings. The molecule has 0 aromatic heterocycles. The van der Waals surface area contributed by atoms with Crippen molar-refractivity contribution in [2.45, 2.75) is 24.8 Å². The second-order valence-electron chi connectivity index (χ2n) is 7.20. The van der Waals surface area contributed by atoms with Gasteiger partial charge in [0.05, 0.1) is 16.3 Å². The number of alkyl halides is 3. The van der Waals surface area contributed by atoms with Crippen LogP contribution in [0.5, 0.6) is 0 Å². The Morgan fingerprint density at radius 3 is 2.32 bits per heavy atom. The number of hydrogen-bond acceptors (Lipinski definition) is 3. The molecule has 0 aliphatic carbocycles. The van der Waals surface area contributed by atoms with Crippen LogP contribution in [-0.4, -0.2) is 31.7 Å². The van der Waals surface area contributed by atoms with E-state index in [0.29, 0.717) is 10.6 Å².